The zero-order chi connectivity index (χ0) is 13.8. The van der Waals surface area contributed by atoms with Gasteiger partial charge in [0.15, 0.2) is 0 Å². The number of thioether (sulfide) groups is 1. The molecule has 0 spiro atoms. The zero-order valence-electron chi connectivity index (χ0n) is 11.1. The third-order valence-corrected chi connectivity index (χ3v) is 4.71. The van der Waals surface area contributed by atoms with Crippen LogP contribution >= 0.6 is 11.8 Å². The molecule has 2 heterocycles. The molecule has 2 fully saturated rings. The number of ether oxygens (including phenoxy) is 1. The summed E-state index contributed by atoms with van der Waals surface area (Å²) in [7, 11) is 1.69. The van der Waals surface area contributed by atoms with Gasteiger partial charge >= 0.3 is 12.0 Å². The zero-order valence-corrected chi connectivity index (χ0v) is 11.9. The van der Waals surface area contributed by atoms with E-state index in [2.05, 4.69) is 0 Å². The first-order valence-corrected chi connectivity index (χ1v) is 7.64. The number of piperidine rings is 1. The lowest BCUT2D eigenvalue weighted by Gasteiger charge is -2.35. The lowest BCUT2D eigenvalue weighted by atomic mass is 9.98. The molecule has 7 heteroatoms. The van der Waals surface area contributed by atoms with Gasteiger partial charge in [-0.25, -0.2) is 9.59 Å². The number of hydrogen-bond acceptors (Lipinski definition) is 4. The molecule has 19 heavy (non-hydrogen) atoms. The highest BCUT2D eigenvalue weighted by Crippen LogP contribution is 2.25. The summed E-state index contributed by atoms with van der Waals surface area (Å²) in [6.07, 6.45) is 1.86. The number of hydrogen-bond donors (Lipinski definition) is 1. The van der Waals surface area contributed by atoms with Gasteiger partial charge in [-0.1, -0.05) is 0 Å². The Morgan fingerprint density at radius 3 is 2.63 bits per heavy atom. The monoisotopic (exact) mass is 288 g/mol. The van der Waals surface area contributed by atoms with E-state index in [0.29, 0.717) is 30.6 Å². The fourth-order valence-corrected chi connectivity index (χ4v) is 3.68. The molecule has 1 atom stereocenters. The van der Waals surface area contributed by atoms with Crippen molar-refractivity contribution in [2.45, 2.75) is 18.9 Å². The van der Waals surface area contributed by atoms with Gasteiger partial charge in [-0.05, 0) is 18.8 Å². The third kappa shape index (κ3) is 3.33. The Kier molecular flexibility index (Phi) is 4.93. The molecule has 1 unspecified atom stereocenters. The van der Waals surface area contributed by atoms with Gasteiger partial charge in [-0.3, -0.25) is 0 Å². The van der Waals surface area contributed by atoms with Crippen molar-refractivity contribution in [3.8, 4) is 0 Å². The van der Waals surface area contributed by atoms with Crippen molar-refractivity contribution in [3.63, 3.8) is 0 Å². The minimum Gasteiger partial charge on any atom is -0.480 e. The van der Waals surface area contributed by atoms with Crippen LogP contribution in [0.2, 0.25) is 0 Å². The SMILES string of the molecule is COCC1CCN(C(=O)N2CSCC2C(=O)O)CC1. The van der Waals surface area contributed by atoms with Crippen LogP contribution in [-0.4, -0.2) is 71.4 Å². The Hall–Kier alpha value is -0.950. The number of aliphatic carboxylic acids is 1. The maximum absolute atomic E-state index is 12.3. The standard InChI is InChI=1S/C12H20N2O4S/c1-18-6-9-2-4-13(5-3-9)12(17)14-8-19-7-10(14)11(15)16/h9-10H,2-8H2,1H3,(H,15,16). The van der Waals surface area contributed by atoms with E-state index in [1.54, 1.807) is 12.0 Å². The van der Waals surface area contributed by atoms with Crippen LogP contribution < -0.4 is 0 Å². The van der Waals surface area contributed by atoms with Crippen molar-refractivity contribution in [1.82, 2.24) is 9.80 Å². The molecular weight excluding hydrogens is 268 g/mol. The summed E-state index contributed by atoms with van der Waals surface area (Å²) in [5.41, 5.74) is 0. The number of carboxylic acid groups (broad SMARTS) is 1. The van der Waals surface area contributed by atoms with Crippen molar-refractivity contribution in [2.24, 2.45) is 5.92 Å². The lowest BCUT2D eigenvalue weighted by Crippen LogP contribution is -2.51. The van der Waals surface area contributed by atoms with Gasteiger partial charge in [0.2, 0.25) is 0 Å². The van der Waals surface area contributed by atoms with E-state index in [1.165, 1.54) is 16.7 Å². The predicted octanol–water partition coefficient (Wildman–Crippen LogP) is 0.924. The van der Waals surface area contributed by atoms with E-state index in [4.69, 9.17) is 9.84 Å². The van der Waals surface area contributed by atoms with Gasteiger partial charge < -0.3 is 19.6 Å². The summed E-state index contributed by atoms with van der Waals surface area (Å²) in [5, 5.41) is 9.10. The van der Waals surface area contributed by atoms with Crippen molar-refractivity contribution in [2.75, 3.05) is 38.4 Å². The largest absolute Gasteiger partial charge is 0.480 e. The maximum atomic E-state index is 12.3. The van der Waals surface area contributed by atoms with Gasteiger partial charge in [0, 0.05) is 32.6 Å². The number of carboxylic acids is 1. The summed E-state index contributed by atoms with van der Waals surface area (Å²) in [4.78, 5) is 26.7. The average Bonchev–Trinajstić information content (AvgIpc) is 2.88. The second-order valence-corrected chi connectivity index (χ2v) is 5.99. The molecule has 2 saturated heterocycles. The van der Waals surface area contributed by atoms with Crippen molar-refractivity contribution >= 4 is 23.8 Å². The minimum absolute atomic E-state index is 0.131. The number of likely N-dealkylation sites (tertiary alicyclic amines) is 1. The summed E-state index contributed by atoms with van der Waals surface area (Å²) in [6, 6.07) is -0.803. The molecule has 2 rings (SSSR count). The first-order chi connectivity index (χ1) is 9.13. The highest BCUT2D eigenvalue weighted by molar-refractivity contribution is 7.99. The van der Waals surface area contributed by atoms with Gasteiger partial charge in [0.05, 0.1) is 5.88 Å². The Morgan fingerprint density at radius 2 is 2.05 bits per heavy atom. The summed E-state index contributed by atoms with van der Waals surface area (Å²) in [5.74, 6) is 0.569. The van der Waals surface area contributed by atoms with Crippen molar-refractivity contribution in [3.05, 3.63) is 0 Å². The molecule has 1 N–H and O–H groups in total. The second-order valence-electron chi connectivity index (χ2n) is 4.99. The molecule has 2 aliphatic heterocycles. The van der Waals surface area contributed by atoms with Gasteiger partial charge in [-0.15, -0.1) is 11.8 Å². The summed E-state index contributed by atoms with van der Waals surface area (Å²) >= 11 is 1.50. The number of rotatable bonds is 3. The van der Waals surface area contributed by atoms with E-state index in [9.17, 15) is 9.59 Å². The first-order valence-electron chi connectivity index (χ1n) is 6.48. The Labute approximate surface area is 117 Å². The van der Waals surface area contributed by atoms with Crippen molar-refractivity contribution in [1.29, 1.82) is 0 Å². The van der Waals surface area contributed by atoms with Crippen LogP contribution in [-0.2, 0) is 9.53 Å². The highest BCUT2D eigenvalue weighted by Gasteiger charge is 2.37. The topological polar surface area (TPSA) is 70.1 Å². The highest BCUT2D eigenvalue weighted by atomic mass is 32.2. The molecule has 0 aromatic rings. The van der Waals surface area contributed by atoms with Gasteiger partial charge in [0.1, 0.15) is 6.04 Å². The molecule has 6 nitrogen and oxygen atoms in total. The maximum Gasteiger partial charge on any atom is 0.327 e. The van der Waals surface area contributed by atoms with Gasteiger partial charge in [-0.2, -0.15) is 0 Å². The molecule has 0 saturated carbocycles. The van der Waals surface area contributed by atoms with Crippen LogP contribution in [0.1, 0.15) is 12.8 Å². The second kappa shape index (κ2) is 6.47. The van der Waals surface area contributed by atoms with E-state index < -0.39 is 12.0 Å². The molecule has 0 aromatic carbocycles. The van der Waals surface area contributed by atoms with E-state index in [0.717, 1.165) is 19.4 Å². The predicted molar refractivity (Wildman–Crippen MR) is 72.2 cm³/mol. The van der Waals surface area contributed by atoms with Crippen LogP contribution in [0.3, 0.4) is 0 Å². The van der Waals surface area contributed by atoms with Crippen LogP contribution in [0.25, 0.3) is 0 Å². The smallest absolute Gasteiger partial charge is 0.327 e. The van der Waals surface area contributed by atoms with Crippen LogP contribution in [0.4, 0.5) is 4.79 Å². The normalized spacial score (nSPS) is 24.8. The number of carbonyl (C=O) groups excluding carboxylic acids is 1. The molecule has 0 bridgehead atoms. The fourth-order valence-electron chi connectivity index (χ4n) is 2.54. The number of nitrogens with zero attached hydrogens (tertiary/aromatic N) is 2. The van der Waals surface area contributed by atoms with Crippen LogP contribution in [0.15, 0.2) is 0 Å². The first kappa shape index (κ1) is 14.5. The lowest BCUT2D eigenvalue weighted by molar-refractivity contribution is -0.141. The van der Waals surface area contributed by atoms with E-state index in [1.807, 2.05) is 0 Å². The molecule has 2 amide bonds. The Morgan fingerprint density at radius 1 is 1.37 bits per heavy atom. The Bertz CT molecular complexity index is 345. The molecule has 0 aliphatic carbocycles. The number of methoxy groups -OCH3 is 1. The summed E-state index contributed by atoms with van der Waals surface area (Å²) in [6.45, 7) is 2.13. The molecular formula is C12H20N2O4S. The quantitative estimate of drug-likeness (QED) is 0.836. The number of urea groups is 1. The van der Waals surface area contributed by atoms with Crippen molar-refractivity contribution < 1.29 is 19.4 Å². The van der Waals surface area contributed by atoms with E-state index >= 15 is 0 Å². The van der Waals surface area contributed by atoms with E-state index in [-0.39, 0.29) is 6.03 Å². The van der Waals surface area contributed by atoms with Crippen LogP contribution in [0.5, 0.6) is 0 Å². The molecule has 0 radical (unpaired) electrons. The third-order valence-electron chi connectivity index (χ3n) is 3.70. The minimum atomic E-state index is -0.910. The fraction of sp³-hybridized carbons (Fsp3) is 0.833. The molecule has 108 valence electrons. The number of amides is 2. The summed E-state index contributed by atoms with van der Waals surface area (Å²) < 4.78 is 5.13. The average molecular weight is 288 g/mol. The molecule has 2 aliphatic rings. The molecule has 0 aromatic heterocycles. The van der Waals surface area contributed by atoms with Gasteiger partial charge in [0.25, 0.3) is 0 Å². The van der Waals surface area contributed by atoms with Crippen LogP contribution in [0, 0.1) is 5.92 Å². The number of carbonyl (C=O) groups is 2. The Balaban J connectivity index is 1.89.